The molecule has 5 rings (SSSR count). The topological polar surface area (TPSA) is 43.9 Å². The zero-order chi connectivity index (χ0) is 27.1. The van der Waals surface area contributed by atoms with Gasteiger partial charge in [-0.15, -0.1) is 0 Å². The van der Waals surface area contributed by atoms with Gasteiger partial charge in [0.1, 0.15) is 6.17 Å². The number of likely N-dealkylation sites (tertiary alicyclic amines) is 2. The molecule has 2 aliphatic heterocycles. The Kier molecular flexibility index (Phi) is 14.2. The van der Waals surface area contributed by atoms with Gasteiger partial charge in [0.25, 0.3) is 0 Å². The van der Waals surface area contributed by atoms with E-state index in [0.717, 1.165) is 58.3 Å². The third-order valence-corrected chi connectivity index (χ3v) is 8.20. The molecule has 4 fully saturated rings. The highest BCUT2D eigenvalue weighted by Gasteiger charge is 2.50. The van der Waals surface area contributed by atoms with E-state index in [0.29, 0.717) is 42.8 Å². The summed E-state index contributed by atoms with van der Waals surface area (Å²) in [5.74, 6) is 0.324. The Balaban J connectivity index is 0.000000230. The molecule has 4 aliphatic rings. The zero-order valence-corrected chi connectivity index (χ0v) is 23.9. The predicted molar refractivity (Wildman–Crippen MR) is 151 cm³/mol. The molecule has 210 valence electrons. The lowest BCUT2D eigenvalue weighted by Crippen LogP contribution is -2.49. The maximum Gasteiger partial charge on any atom is 0.222 e. The molecule has 5 nitrogen and oxygen atoms in total. The van der Waals surface area contributed by atoms with Gasteiger partial charge in [0, 0.05) is 43.7 Å². The summed E-state index contributed by atoms with van der Waals surface area (Å²) >= 11 is 0. The maximum absolute atomic E-state index is 13.0. The van der Waals surface area contributed by atoms with Gasteiger partial charge in [-0.2, -0.15) is 0 Å². The van der Waals surface area contributed by atoms with Gasteiger partial charge in [-0.25, -0.2) is 4.39 Å². The molecule has 0 bridgehead atoms. The van der Waals surface area contributed by atoms with E-state index in [2.05, 4.69) is 18.7 Å². The Morgan fingerprint density at radius 1 is 1.00 bits per heavy atom. The number of carbonyl (C=O) groups excluding carboxylic acids is 2. The number of nitrogens with zero attached hydrogens (tertiary/aromatic N) is 3. The average molecular weight is 518 g/mol. The summed E-state index contributed by atoms with van der Waals surface area (Å²) < 4.78 is 13.0. The van der Waals surface area contributed by atoms with Crippen LogP contribution in [0.1, 0.15) is 98.3 Å². The van der Waals surface area contributed by atoms with Crippen molar-refractivity contribution in [1.29, 1.82) is 0 Å². The van der Waals surface area contributed by atoms with Gasteiger partial charge in [-0.3, -0.25) is 14.5 Å². The van der Waals surface area contributed by atoms with Crippen molar-refractivity contribution in [2.45, 2.75) is 122 Å². The molecule has 2 aliphatic carbocycles. The molecule has 2 saturated carbocycles. The van der Waals surface area contributed by atoms with E-state index < -0.39 is 6.17 Å². The highest BCUT2D eigenvalue weighted by molar-refractivity contribution is 5.76. The van der Waals surface area contributed by atoms with Crippen LogP contribution in [0.5, 0.6) is 0 Å². The number of hydrogen-bond donors (Lipinski definition) is 0. The lowest BCUT2D eigenvalue weighted by atomic mass is 9.88. The molecule has 6 heteroatoms. The first-order valence-electron chi connectivity index (χ1n) is 14.9. The van der Waals surface area contributed by atoms with Gasteiger partial charge in [0.2, 0.25) is 12.3 Å². The molecule has 1 unspecified atom stereocenters. The normalized spacial score (nSPS) is 23.5. The Bertz CT molecular complexity index is 719. The molecule has 0 aromatic heterocycles. The van der Waals surface area contributed by atoms with E-state index in [1.807, 2.05) is 60.0 Å². The fourth-order valence-electron chi connectivity index (χ4n) is 5.75. The minimum atomic E-state index is -0.585. The summed E-state index contributed by atoms with van der Waals surface area (Å²) in [4.78, 5) is 28.8. The van der Waals surface area contributed by atoms with Crippen molar-refractivity contribution in [2.24, 2.45) is 0 Å². The van der Waals surface area contributed by atoms with Crippen LogP contribution >= 0.6 is 0 Å². The quantitative estimate of drug-likeness (QED) is 0.371. The molecule has 2 amide bonds. The summed E-state index contributed by atoms with van der Waals surface area (Å²) in [7, 11) is 0. The van der Waals surface area contributed by atoms with Crippen LogP contribution in [0.2, 0.25) is 0 Å². The first-order valence-corrected chi connectivity index (χ1v) is 14.9. The minimum absolute atomic E-state index is 0.324. The summed E-state index contributed by atoms with van der Waals surface area (Å²) in [6.07, 6.45) is 11.8. The average Bonchev–Trinajstić information content (AvgIpc) is 3.30. The van der Waals surface area contributed by atoms with Gasteiger partial charge in [-0.05, 0) is 77.7 Å². The van der Waals surface area contributed by atoms with Crippen LogP contribution in [0.4, 0.5) is 4.39 Å². The molecule has 2 saturated heterocycles. The third-order valence-electron chi connectivity index (χ3n) is 8.20. The molecule has 2 heterocycles. The van der Waals surface area contributed by atoms with Crippen molar-refractivity contribution in [3.63, 3.8) is 0 Å². The predicted octanol–water partition coefficient (Wildman–Crippen LogP) is 6.47. The summed E-state index contributed by atoms with van der Waals surface area (Å²) in [5.41, 5.74) is 0.377. The molecule has 1 atom stereocenters. The van der Waals surface area contributed by atoms with Gasteiger partial charge in [0.05, 0.1) is 0 Å². The Labute approximate surface area is 225 Å². The second kappa shape index (κ2) is 16.8. The summed E-state index contributed by atoms with van der Waals surface area (Å²) in [6.45, 7) is 12.3. The van der Waals surface area contributed by atoms with Crippen LogP contribution in [-0.2, 0) is 9.59 Å². The smallest absolute Gasteiger partial charge is 0.222 e. The zero-order valence-electron chi connectivity index (χ0n) is 23.9. The first kappa shape index (κ1) is 31.3. The van der Waals surface area contributed by atoms with Crippen LogP contribution < -0.4 is 0 Å². The van der Waals surface area contributed by atoms with Crippen molar-refractivity contribution in [3.8, 4) is 0 Å². The van der Waals surface area contributed by atoms with E-state index in [1.54, 1.807) is 0 Å². The third kappa shape index (κ3) is 10.0. The SMILES string of the molecule is CC.CCN(C(C)CCCC(=O)N1CCCC1)C1CC(F)C1.O=CN1CCCC12CC2.c1ccccc1. The molecule has 1 aromatic rings. The minimum Gasteiger partial charge on any atom is -0.343 e. The Morgan fingerprint density at radius 2 is 1.57 bits per heavy atom. The number of alkyl halides is 1. The molecule has 1 aromatic carbocycles. The van der Waals surface area contributed by atoms with Crippen molar-refractivity contribution >= 4 is 12.3 Å². The highest BCUT2D eigenvalue weighted by atomic mass is 19.1. The second-order valence-electron chi connectivity index (χ2n) is 10.7. The van der Waals surface area contributed by atoms with Crippen molar-refractivity contribution < 1.29 is 14.0 Å². The number of rotatable bonds is 8. The molecule has 1 spiro atoms. The number of benzene rings is 1. The van der Waals surface area contributed by atoms with Gasteiger partial charge in [-0.1, -0.05) is 57.2 Å². The van der Waals surface area contributed by atoms with E-state index in [-0.39, 0.29) is 0 Å². The second-order valence-corrected chi connectivity index (χ2v) is 10.7. The van der Waals surface area contributed by atoms with E-state index in [1.165, 1.54) is 25.7 Å². The lowest BCUT2D eigenvalue weighted by Gasteiger charge is -2.42. The van der Waals surface area contributed by atoms with Crippen molar-refractivity contribution in [1.82, 2.24) is 14.7 Å². The van der Waals surface area contributed by atoms with E-state index in [4.69, 9.17) is 0 Å². The van der Waals surface area contributed by atoms with E-state index in [9.17, 15) is 14.0 Å². The van der Waals surface area contributed by atoms with Gasteiger partial charge >= 0.3 is 0 Å². The van der Waals surface area contributed by atoms with Crippen molar-refractivity contribution in [3.05, 3.63) is 36.4 Å². The monoisotopic (exact) mass is 517 g/mol. The number of hydrogen-bond acceptors (Lipinski definition) is 3. The van der Waals surface area contributed by atoms with Crippen LogP contribution in [0.15, 0.2) is 36.4 Å². The summed E-state index contributed by atoms with van der Waals surface area (Å²) in [6, 6.07) is 12.9. The first-order chi connectivity index (χ1) is 18.0. The van der Waals surface area contributed by atoms with E-state index >= 15 is 0 Å². The van der Waals surface area contributed by atoms with Gasteiger partial charge in [0.15, 0.2) is 0 Å². The highest BCUT2D eigenvalue weighted by Crippen LogP contribution is 2.48. The number of amides is 2. The number of carbonyl (C=O) groups is 2. The molecular formula is C31H52FN3O2. The van der Waals surface area contributed by atoms with Crippen LogP contribution in [0.3, 0.4) is 0 Å². The number of halogens is 1. The molecule has 0 N–H and O–H groups in total. The fraction of sp³-hybridized carbons (Fsp3) is 0.742. The largest absolute Gasteiger partial charge is 0.343 e. The van der Waals surface area contributed by atoms with Crippen LogP contribution in [0, 0.1) is 0 Å². The summed E-state index contributed by atoms with van der Waals surface area (Å²) in [5, 5.41) is 0. The molecule has 37 heavy (non-hydrogen) atoms. The van der Waals surface area contributed by atoms with Crippen molar-refractivity contribution in [2.75, 3.05) is 26.2 Å². The molecular weight excluding hydrogens is 465 g/mol. The maximum atomic E-state index is 13.0. The fourth-order valence-corrected chi connectivity index (χ4v) is 5.75. The molecule has 0 radical (unpaired) electrons. The Morgan fingerprint density at radius 3 is 2.00 bits per heavy atom. The van der Waals surface area contributed by atoms with Gasteiger partial charge < -0.3 is 9.80 Å². The van der Waals surface area contributed by atoms with Crippen LogP contribution in [0.25, 0.3) is 0 Å². The van der Waals surface area contributed by atoms with Crippen LogP contribution in [-0.4, -0.2) is 77.0 Å². The Hall–Kier alpha value is -1.95. The lowest BCUT2D eigenvalue weighted by molar-refractivity contribution is -0.130. The standard InChI is InChI=1S/C16H29FN2O.C7H11NO.C6H6.C2H6/c1-3-19(15-11-14(17)12-15)13(2)7-6-8-16(20)18-9-4-5-10-18;9-6-8-5-1-2-7(8)3-4-7;1-2-4-6-5-3-1;1-2/h13-15H,3-12H2,1-2H3;6H,1-5H2;1-6H;1-2H3.